The van der Waals surface area contributed by atoms with Gasteiger partial charge in [0.1, 0.15) is 0 Å². The van der Waals surface area contributed by atoms with E-state index in [2.05, 4.69) is 22.5 Å². The smallest absolute Gasteiger partial charge is 0.287 e. The standard InChI is InChI=1S/C16H28N4O2.HI/c1-3-4-5-6-9-19-16(17)20-11-7-10-18-15(21)14-13(2)8-12-22-14;/h8,12H,3-7,9-11H2,1-2H3,(H,18,21)(H3,17,19,20);1H. The number of carbonyl (C=O) groups is 1. The third-order valence-electron chi connectivity index (χ3n) is 3.31. The van der Waals surface area contributed by atoms with Gasteiger partial charge in [0.25, 0.3) is 5.91 Å². The van der Waals surface area contributed by atoms with Crippen LogP contribution in [0.3, 0.4) is 0 Å². The van der Waals surface area contributed by atoms with Crippen molar-refractivity contribution >= 4 is 35.8 Å². The van der Waals surface area contributed by atoms with Crippen LogP contribution in [0.2, 0.25) is 0 Å². The summed E-state index contributed by atoms with van der Waals surface area (Å²) in [5.41, 5.74) is 6.60. The number of furan rings is 1. The normalized spacial score (nSPS) is 11.0. The number of halogens is 1. The zero-order valence-corrected chi connectivity index (χ0v) is 16.4. The first-order valence-corrected chi connectivity index (χ1v) is 8.01. The van der Waals surface area contributed by atoms with E-state index in [0.717, 1.165) is 24.9 Å². The number of amides is 1. The van der Waals surface area contributed by atoms with Crippen LogP contribution in [0.1, 0.15) is 55.1 Å². The summed E-state index contributed by atoms with van der Waals surface area (Å²) in [5, 5.41) is 5.90. The highest BCUT2D eigenvalue weighted by Gasteiger charge is 2.10. The first-order valence-electron chi connectivity index (χ1n) is 8.01. The van der Waals surface area contributed by atoms with Crippen LogP contribution < -0.4 is 16.4 Å². The van der Waals surface area contributed by atoms with Crippen LogP contribution in [0.15, 0.2) is 21.7 Å². The Morgan fingerprint density at radius 1 is 1.22 bits per heavy atom. The van der Waals surface area contributed by atoms with E-state index in [9.17, 15) is 4.79 Å². The highest BCUT2D eigenvalue weighted by atomic mass is 127. The van der Waals surface area contributed by atoms with E-state index in [4.69, 9.17) is 10.2 Å². The van der Waals surface area contributed by atoms with Gasteiger partial charge in [-0.05, 0) is 25.8 Å². The Labute approximate surface area is 155 Å². The number of rotatable bonds is 10. The molecule has 0 aromatic carbocycles. The van der Waals surface area contributed by atoms with Crippen LogP contribution in [-0.4, -0.2) is 31.5 Å². The van der Waals surface area contributed by atoms with Crippen LogP contribution in [-0.2, 0) is 0 Å². The lowest BCUT2D eigenvalue weighted by Crippen LogP contribution is -2.32. The van der Waals surface area contributed by atoms with Crippen molar-refractivity contribution in [3.05, 3.63) is 23.7 Å². The monoisotopic (exact) mass is 436 g/mol. The molecule has 0 saturated carbocycles. The SMILES string of the molecule is CCCCCCNC(N)=NCCCNC(=O)c1occc1C.I. The number of unbranched alkanes of at least 4 members (excludes halogenated alkanes) is 3. The molecule has 1 aromatic rings. The molecule has 0 fully saturated rings. The Kier molecular flexibility index (Phi) is 12.5. The summed E-state index contributed by atoms with van der Waals surface area (Å²) >= 11 is 0. The van der Waals surface area contributed by atoms with Gasteiger partial charge in [-0.25, -0.2) is 0 Å². The fourth-order valence-electron chi connectivity index (χ4n) is 1.99. The molecule has 0 spiro atoms. The van der Waals surface area contributed by atoms with Crippen molar-refractivity contribution < 1.29 is 9.21 Å². The van der Waals surface area contributed by atoms with Gasteiger partial charge in [-0.1, -0.05) is 26.2 Å². The van der Waals surface area contributed by atoms with E-state index in [1.807, 2.05) is 6.92 Å². The lowest BCUT2D eigenvalue weighted by Gasteiger charge is -2.06. The van der Waals surface area contributed by atoms with Gasteiger partial charge in [-0.2, -0.15) is 0 Å². The lowest BCUT2D eigenvalue weighted by molar-refractivity contribution is 0.0925. The number of guanidine groups is 1. The number of nitrogens with two attached hydrogens (primary N) is 1. The van der Waals surface area contributed by atoms with Gasteiger partial charge in [-0.3, -0.25) is 9.79 Å². The van der Waals surface area contributed by atoms with Gasteiger partial charge < -0.3 is 20.8 Å². The summed E-state index contributed by atoms with van der Waals surface area (Å²) in [5.74, 6) is 0.662. The molecule has 6 nitrogen and oxygen atoms in total. The maximum atomic E-state index is 11.8. The van der Waals surface area contributed by atoms with Crippen molar-refractivity contribution in [2.75, 3.05) is 19.6 Å². The molecule has 1 rings (SSSR count). The predicted molar refractivity (Wildman–Crippen MR) is 104 cm³/mol. The molecule has 0 radical (unpaired) electrons. The summed E-state index contributed by atoms with van der Waals surface area (Å²) in [7, 11) is 0. The summed E-state index contributed by atoms with van der Waals surface area (Å²) in [6.07, 6.45) is 7.07. The third kappa shape index (κ3) is 9.47. The molecule has 0 aliphatic rings. The van der Waals surface area contributed by atoms with Gasteiger partial charge in [0.15, 0.2) is 11.7 Å². The van der Waals surface area contributed by atoms with Crippen molar-refractivity contribution in [3.8, 4) is 0 Å². The topological polar surface area (TPSA) is 92.6 Å². The van der Waals surface area contributed by atoms with Crippen LogP contribution in [0.4, 0.5) is 0 Å². The van der Waals surface area contributed by atoms with Crippen LogP contribution in [0, 0.1) is 6.92 Å². The van der Waals surface area contributed by atoms with E-state index in [1.54, 1.807) is 6.07 Å². The number of carbonyl (C=O) groups excluding carboxylic acids is 1. The zero-order valence-electron chi connectivity index (χ0n) is 14.1. The van der Waals surface area contributed by atoms with Gasteiger partial charge >= 0.3 is 0 Å². The summed E-state index contributed by atoms with van der Waals surface area (Å²) in [6.45, 7) is 6.03. The Morgan fingerprint density at radius 2 is 1.96 bits per heavy atom. The lowest BCUT2D eigenvalue weighted by atomic mass is 10.2. The number of nitrogens with zero attached hydrogens (tertiary/aromatic N) is 1. The molecular weight excluding hydrogens is 407 g/mol. The van der Waals surface area contributed by atoms with Crippen molar-refractivity contribution in [2.24, 2.45) is 10.7 Å². The molecule has 0 atom stereocenters. The minimum absolute atomic E-state index is 0. The van der Waals surface area contributed by atoms with E-state index >= 15 is 0 Å². The van der Waals surface area contributed by atoms with Crippen molar-refractivity contribution in [2.45, 2.75) is 46.0 Å². The second kappa shape index (κ2) is 13.2. The Hall–Kier alpha value is -1.25. The predicted octanol–water partition coefficient (Wildman–Crippen LogP) is 2.81. The summed E-state index contributed by atoms with van der Waals surface area (Å²) < 4.78 is 5.12. The second-order valence-corrected chi connectivity index (χ2v) is 5.30. The molecule has 0 unspecified atom stereocenters. The maximum Gasteiger partial charge on any atom is 0.287 e. The maximum absolute atomic E-state index is 11.8. The fraction of sp³-hybridized carbons (Fsp3) is 0.625. The summed E-state index contributed by atoms with van der Waals surface area (Å²) in [4.78, 5) is 16.0. The average molecular weight is 436 g/mol. The highest BCUT2D eigenvalue weighted by Crippen LogP contribution is 2.07. The molecule has 7 heteroatoms. The van der Waals surface area contributed by atoms with Crippen LogP contribution in [0.25, 0.3) is 0 Å². The molecule has 1 heterocycles. The van der Waals surface area contributed by atoms with Crippen LogP contribution in [0.5, 0.6) is 0 Å². The number of hydrogen-bond donors (Lipinski definition) is 3. The average Bonchev–Trinajstić information content (AvgIpc) is 2.92. The van der Waals surface area contributed by atoms with Gasteiger partial charge in [-0.15, -0.1) is 24.0 Å². The fourth-order valence-corrected chi connectivity index (χ4v) is 1.99. The molecular formula is C16H29IN4O2. The van der Waals surface area contributed by atoms with E-state index in [1.165, 1.54) is 25.5 Å². The second-order valence-electron chi connectivity index (χ2n) is 5.30. The van der Waals surface area contributed by atoms with Crippen molar-refractivity contribution in [3.63, 3.8) is 0 Å². The largest absolute Gasteiger partial charge is 0.459 e. The van der Waals surface area contributed by atoms with Gasteiger partial charge in [0.2, 0.25) is 0 Å². The highest BCUT2D eigenvalue weighted by molar-refractivity contribution is 14.0. The van der Waals surface area contributed by atoms with Gasteiger partial charge in [0, 0.05) is 25.2 Å². The zero-order chi connectivity index (χ0) is 16.2. The molecule has 0 bridgehead atoms. The Bertz CT molecular complexity index is 474. The number of aliphatic imine (C=N–C) groups is 1. The molecule has 0 aliphatic heterocycles. The first-order chi connectivity index (χ1) is 10.6. The van der Waals surface area contributed by atoms with Crippen LogP contribution >= 0.6 is 24.0 Å². The van der Waals surface area contributed by atoms with Gasteiger partial charge in [0.05, 0.1) is 6.26 Å². The molecule has 132 valence electrons. The van der Waals surface area contributed by atoms with Crippen molar-refractivity contribution in [1.29, 1.82) is 0 Å². The number of hydrogen-bond acceptors (Lipinski definition) is 3. The first kappa shape index (κ1) is 21.8. The van der Waals surface area contributed by atoms with E-state index < -0.39 is 0 Å². The molecule has 23 heavy (non-hydrogen) atoms. The Morgan fingerprint density at radius 3 is 2.61 bits per heavy atom. The number of nitrogens with one attached hydrogen (secondary N) is 2. The summed E-state index contributed by atoms with van der Waals surface area (Å²) in [6, 6.07) is 1.77. The molecule has 4 N–H and O–H groups in total. The number of aryl methyl sites for hydroxylation is 1. The van der Waals surface area contributed by atoms with Crippen molar-refractivity contribution in [1.82, 2.24) is 10.6 Å². The molecule has 1 amide bonds. The molecule has 0 aliphatic carbocycles. The minimum atomic E-state index is -0.187. The van der Waals surface area contributed by atoms with E-state index in [-0.39, 0.29) is 29.9 Å². The minimum Gasteiger partial charge on any atom is -0.459 e. The molecule has 0 saturated heterocycles. The Balaban J connectivity index is 0.00000484. The molecule has 1 aromatic heterocycles. The quantitative estimate of drug-likeness (QED) is 0.228. The third-order valence-corrected chi connectivity index (χ3v) is 3.31. The van der Waals surface area contributed by atoms with E-state index in [0.29, 0.717) is 24.8 Å².